The number of hydrogen-bond acceptors (Lipinski definition) is 2. The Hall–Kier alpha value is -1.67. The van der Waals surface area contributed by atoms with E-state index in [2.05, 4.69) is 4.84 Å². The van der Waals surface area contributed by atoms with Crippen molar-refractivity contribution in [1.82, 2.24) is 0 Å². The van der Waals surface area contributed by atoms with Crippen LogP contribution in [0.3, 0.4) is 0 Å². The van der Waals surface area contributed by atoms with Gasteiger partial charge >= 0.3 is 0 Å². The summed E-state index contributed by atoms with van der Waals surface area (Å²) >= 11 is 5.28. The number of para-hydroxylation sites is 1. The molecule has 0 amide bonds. The summed E-state index contributed by atoms with van der Waals surface area (Å²) in [5.41, 5.74) is 8.43. The van der Waals surface area contributed by atoms with Crippen molar-refractivity contribution in [2.45, 2.75) is 6.92 Å². The second-order valence-electron chi connectivity index (χ2n) is 3.37. The molecule has 0 spiro atoms. The zero-order chi connectivity index (χ0) is 11.8. The predicted octanol–water partition coefficient (Wildman–Crippen LogP) is 3.83. The van der Waals surface area contributed by atoms with Crippen LogP contribution >= 0.6 is 11.8 Å². The van der Waals surface area contributed by atoms with E-state index >= 15 is 0 Å². The number of anilines is 2. The third kappa shape index (κ3) is 4.71. The van der Waals surface area contributed by atoms with Crippen molar-refractivity contribution < 1.29 is 0 Å². The van der Waals surface area contributed by atoms with Crippen molar-refractivity contribution >= 4 is 23.2 Å². The van der Waals surface area contributed by atoms with Crippen LogP contribution in [0.4, 0.5) is 11.4 Å². The predicted molar refractivity (Wildman–Crippen MR) is 71.5 cm³/mol. The molecular weight excluding hydrogens is 220 g/mol. The van der Waals surface area contributed by atoms with Crippen LogP contribution in [-0.4, -0.2) is 0 Å². The molecule has 84 valence electrons. The number of hydrogen-bond donors (Lipinski definition) is 2. The van der Waals surface area contributed by atoms with Gasteiger partial charge in [-0.05, 0) is 31.2 Å². The molecule has 2 nitrogen and oxygen atoms in total. The normalized spacial score (nSPS) is 8.88. The van der Waals surface area contributed by atoms with Crippen LogP contribution in [0.5, 0.6) is 0 Å². The van der Waals surface area contributed by atoms with Gasteiger partial charge in [0.05, 0.1) is 0 Å². The Labute approximate surface area is 101 Å². The molecule has 0 fully saturated rings. The molecule has 0 saturated carbocycles. The standard InChI is InChI=1S/C7H9N.C6H6ClN/c1-6-2-4-7(8)5-3-6;7-8-6-4-2-1-3-5-6/h2-5H,8H2,1H3;1-5,8H. The first kappa shape index (κ1) is 12.4. The molecule has 0 aliphatic rings. The molecule has 0 atom stereocenters. The van der Waals surface area contributed by atoms with Gasteiger partial charge in [0.25, 0.3) is 0 Å². The zero-order valence-electron chi connectivity index (χ0n) is 9.15. The van der Waals surface area contributed by atoms with Gasteiger partial charge in [0.15, 0.2) is 0 Å². The quantitative estimate of drug-likeness (QED) is 0.581. The zero-order valence-corrected chi connectivity index (χ0v) is 9.91. The molecule has 0 aromatic heterocycles. The van der Waals surface area contributed by atoms with Crippen molar-refractivity contribution in [3.63, 3.8) is 0 Å². The van der Waals surface area contributed by atoms with Crippen LogP contribution in [0.15, 0.2) is 54.6 Å². The Balaban J connectivity index is 0.000000160. The SMILES string of the molecule is Cc1ccc(N)cc1.ClNc1ccccc1. The van der Waals surface area contributed by atoms with Crippen molar-refractivity contribution in [1.29, 1.82) is 0 Å². The van der Waals surface area contributed by atoms with Crippen molar-refractivity contribution in [3.05, 3.63) is 60.2 Å². The van der Waals surface area contributed by atoms with Gasteiger partial charge in [0, 0.05) is 23.2 Å². The summed E-state index contributed by atoms with van der Waals surface area (Å²) in [7, 11) is 0. The average Bonchev–Trinajstić information content (AvgIpc) is 2.35. The Morgan fingerprint density at radius 2 is 1.50 bits per heavy atom. The minimum Gasteiger partial charge on any atom is -0.399 e. The van der Waals surface area contributed by atoms with E-state index in [-0.39, 0.29) is 0 Å². The second-order valence-corrected chi connectivity index (χ2v) is 3.56. The fourth-order valence-electron chi connectivity index (χ4n) is 1.07. The molecule has 2 rings (SSSR count). The van der Waals surface area contributed by atoms with Crippen LogP contribution < -0.4 is 10.6 Å². The van der Waals surface area contributed by atoms with Gasteiger partial charge in [0.1, 0.15) is 0 Å². The van der Waals surface area contributed by atoms with E-state index in [1.165, 1.54) is 5.56 Å². The molecule has 0 aliphatic heterocycles. The van der Waals surface area contributed by atoms with Crippen LogP contribution in [0.2, 0.25) is 0 Å². The highest BCUT2D eigenvalue weighted by molar-refractivity contribution is 6.23. The molecule has 3 N–H and O–H groups in total. The Morgan fingerprint density at radius 1 is 0.938 bits per heavy atom. The Morgan fingerprint density at radius 3 is 1.88 bits per heavy atom. The van der Waals surface area contributed by atoms with Crippen LogP contribution in [0, 0.1) is 6.92 Å². The smallest absolute Gasteiger partial charge is 0.0491 e. The minimum absolute atomic E-state index is 0.829. The summed E-state index contributed by atoms with van der Waals surface area (Å²) in [5, 5.41) is 0. The number of benzene rings is 2. The number of halogens is 1. The van der Waals surface area contributed by atoms with Gasteiger partial charge in [-0.3, -0.25) is 4.84 Å². The summed E-state index contributed by atoms with van der Waals surface area (Å²) in [6.45, 7) is 2.04. The third-order valence-electron chi connectivity index (χ3n) is 1.96. The Bertz CT molecular complexity index is 377. The molecule has 2 aromatic rings. The van der Waals surface area contributed by atoms with Crippen LogP contribution in [-0.2, 0) is 0 Å². The highest BCUT2D eigenvalue weighted by Gasteiger charge is 1.80. The largest absolute Gasteiger partial charge is 0.399 e. The molecule has 2 aromatic carbocycles. The summed E-state index contributed by atoms with van der Waals surface area (Å²) < 4.78 is 0. The summed E-state index contributed by atoms with van der Waals surface area (Å²) in [6, 6.07) is 17.4. The van der Waals surface area contributed by atoms with Crippen molar-refractivity contribution in [2.75, 3.05) is 10.6 Å². The third-order valence-corrected chi connectivity index (χ3v) is 2.18. The van der Waals surface area contributed by atoms with E-state index < -0.39 is 0 Å². The molecule has 0 radical (unpaired) electrons. The van der Waals surface area contributed by atoms with Gasteiger partial charge in [-0.15, -0.1) is 0 Å². The number of nitrogens with two attached hydrogens (primary N) is 1. The van der Waals surface area contributed by atoms with Gasteiger partial charge in [-0.2, -0.15) is 0 Å². The van der Waals surface area contributed by atoms with E-state index in [4.69, 9.17) is 17.5 Å². The molecule has 0 heterocycles. The average molecular weight is 235 g/mol. The van der Waals surface area contributed by atoms with Crippen LogP contribution in [0.25, 0.3) is 0 Å². The first-order valence-corrected chi connectivity index (χ1v) is 5.34. The lowest BCUT2D eigenvalue weighted by Crippen LogP contribution is -1.81. The molecule has 16 heavy (non-hydrogen) atoms. The highest BCUT2D eigenvalue weighted by Crippen LogP contribution is 2.04. The lowest BCUT2D eigenvalue weighted by molar-refractivity contribution is 1.47. The summed E-state index contributed by atoms with van der Waals surface area (Å²) in [5.74, 6) is 0. The van der Waals surface area contributed by atoms with E-state index in [0.29, 0.717) is 0 Å². The van der Waals surface area contributed by atoms with Crippen LogP contribution in [0.1, 0.15) is 5.56 Å². The maximum absolute atomic E-state index is 5.43. The topological polar surface area (TPSA) is 38.0 Å². The molecule has 0 aliphatic carbocycles. The molecule has 0 saturated heterocycles. The number of nitrogens with one attached hydrogen (secondary N) is 1. The van der Waals surface area contributed by atoms with E-state index in [9.17, 15) is 0 Å². The monoisotopic (exact) mass is 234 g/mol. The van der Waals surface area contributed by atoms with E-state index in [0.717, 1.165) is 11.4 Å². The van der Waals surface area contributed by atoms with Gasteiger partial charge in [-0.1, -0.05) is 35.9 Å². The fourth-order valence-corrected chi connectivity index (χ4v) is 1.19. The first-order chi connectivity index (χ1) is 7.72. The number of rotatable bonds is 1. The number of nitrogen functional groups attached to an aromatic ring is 1. The van der Waals surface area contributed by atoms with Crippen molar-refractivity contribution in [2.24, 2.45) is 0 Å². The summed E-state index contributed by atoms with van der Waals surface area (Å²) in [6.07, 6.45) is 0. The number of aryl methyl sites for hydroxylation is 1. The van der Waals surface area contributed by atoms with Gasteiger partial charge in [0.2, 0.25) is 0 Å². The molecule has 0 unspecified atom stereocenters. The minimum atomic E-state index is 0.829. The summed E-state index contributed by atoms with van der Waals surface area (Å²) in [4.78, 5) is 2.50. The molecule has 3 heteroatoms. The first-order valence-electron chi connectivity index (χ1n) is 4.96. The van der Waals surface area contributed by atoms with Gasteiger partial charge < -0.3 is 5.73 Å². The fraction of sp³-hybridized carbons (Fsp3) is 0.0769. The lowest BCUT2D eigenvalue weighted by Gasteiger charge is -1.91. The maximum atomic E-state index is 5.43. The van der Waals surface area contributed by atoms with E-state index in [1.54, 1.807) is 0 Å². The highest BCUT2D eigenvalue weighted by atomic mass is 35.5. The van der Waals surface area contributed by atoms with Crippen molar-refractivity contribution in [3.8, 4) is 0 Å². The molecular formula is C13H15ClN2. The Kier molecular flexibility index (Phi) is 5.23. The molecule has 0 bridgehead atoms. The second kappa shape index (κ2) is 6.75. The van der Waals surface area contributed by atoms with Gasteiger partial charge in [-0.25, -0.2) is 0 Å². The lowest BCUT2D eigenvalue weighted by atomic mass is 10.2. The van der Waals surface area contributed by atoms with E-state index in [1.807, 2.05) is 61.5 Å². The maximum Gasteiger partial charge on any atom is 0.0491 e.